The molecule has 186 valence electrons. The molecule has 0 saturated carbocycles. The summed E-state index contributed by atoms with van der Waals surface area (Å²) < 4.78 is 41.0. The molecular weight excluding hydrogens is 464 g/mol. The summed E-state index contributed by atoms with van der Waals surface area (Å²) in [4.78, 5) is 15.0. The second kappa shape index (κ2) is 11.6. The van der Waals surface area contributed by atoms with E-state index in [1.54, 1.807) is 34.9 Å². The van der Waals surface area contributed by atoms with E-state index >= 15 is 0 Å². The minimum Gasteiger partial charge on any atom is -0.435 e. The molecule has 3 aromatic carbocycles. The predicted octanol–water partition coefficient (Wildman–Crippen LogP) is 5.79. The Labute approximate surface area is 208 Å². The summed E-state index contributed by atoms with van der Waals surface area (Å²) in [5, 5.41) is 4.75. The summed E-state index contributed by atoms with van der Waals surface area (Å²) in [6.45, 7) is 2.67. The molecular formula is C28H27F2N3O3. The SMILES string of the molecule is CCc1nn(-c2ccccc2)c(Oc2ccccc2F)c1CN(CCOC)C(=O)c1ccc(F)cc1. The summed E-state index contributed by atoms with van der Waals surface area (Å²) in [5.74, 6) is -0.864. The molecule has 1 aromatic heterocycles. The number of hydrogen-bond donors (Lipinski definition) is 0. The number of rotatable bonds is 10. The molecule has 0 aliphatic heterocycles. The van der Waals surface area contributed by atoms with Crippen molar-refractivity contribution in [3.8, 4) is 17.3 Å². The van der Waals surface area contributed by atoms with Gasteiger partial charge in [0.2, 0.25) is 5.88 Å². The lowest BCUT2D eigenvalue weighted by Crippen LogP contribution is -2.33. The Kier molecular flexibility index (Phi) is 8.07. The Morgan fingerprint density at radius 2 is 1.67 bits per heavy atom. The average molecular weight is 492 g/mol. The summed E-state index contributed by atoms with van der Waals surface area (Å²) >= 11 is 0. The Balaban J connectivity index is 1.79. The molecule has 36 heavy (non-hydrogen) atoms. The highest BCUT2D eigenvalue weighted by atomic mass is 19.1. The van der Waals surface area contributed by atoms with Crippen LogP contribution in [0.25, 0.3) is 5.69 Å². The Bertz CT molecular complexity index is 1310. The molecule has 0 atom stereocenters. The monoisotopic (exact) mass is 491 g/mol. The number of carbonyl (C=O) groups excluding carboxylic acids is 1. The molecule has 0 aliphatic rings. The Morgan fingerprint density at radius 3 is 2.33 bits per heavy atom. The van der Waals surface area contributed by atoms with Crippen LogP contribution < -0.4 is 4.74 Å². The van der Waals surface area contributed by atoms with Crippen LogP contribution in [0.15, 0.2) is 78.9 Å². The second-order valence-corrected chi connectivity index (χ2v) is 8.09. The van der Waals surface area contributed by atoms with Gasteiger partial charge in [-0.2, -0.15) is 5.10 Å². The van der Waals surface area contributed by atoms with Gasteiger partial charge in [0.25, 0.3) is 5.91 Å². The first-order valence-electron chi connectivity index (χ1n) is 11.6. The summed E-state index contributed by atoms with van der Waals surface area (Å²) in [5.41, 5.74) is 2.44. The van der Waals surface area contributed by atoms with Crippen molar-refractivity contribution >= 4 is 5.91 Å². The molecule has 0 fully saturated rings. The summed E-state index contributed by atoms with van der Waals surface area (Å²) in [7, 11) is 1.55. The number of methoxy groups -OCH3 is 1. The number of halogens is 2. The molecule has 0 unspecified atom stereocenters. The number of ether oxygens (including phenoxy) is 2. The van der Waals surface area contributed by atoms with Gasteiger partial charge in [0.1, 0.15) is 5.82 Å². The topological polar surface area (TPSA) is 56.6 Å². The molecule has 6 nitrogen and oxygen atoms in total. The lowest BCUT2D eigenvalue weighted by atomic mass is 10.1. The van der Waals surface area contributed by atoms with E-state index in [9.17, 15) is 13.6 Å². The molecule has 0 spiro atoms. The number of carbonyl (C=O) groups is 1. The van der Waals surface area contributed by atoms with Crippen LogP contribution in [0, 0.1) is 11.6 Å². The van der Waals surface area contributed by atoms with E-state index in [2.05, 4.69) is 0 Å². The van der Waals surface area contributed by atoms with Gasteiger partial charge >= 0.3 is 0 Å². The molecule has 4 rings (SSSR count). The van der Waals surface area contributed by atoms with Crippen molar-refractivity contribution in [2.45, 2.75) is 19.9 Å². The molecule has 4 aromatic rings. The first-order valence-corrected chi connectivity index (χ1v) is 11.6. The van der Waals surface area contributed by atoms with E-state index in [4.69, 9.17) is 14.6 Å². The number of aromatic nitrogens is 2. The summed E-state index contributed by atoms with van der Waals surface area (Å²) in [6.07, 6.45) is 0.561. The van der Waals surface area contributed by atoms with Crippen LogP contribution in [0.3, 0.4) is 0 Å². The second-order valence-electron chi connectivity index (χ2n) is 8.09. The number of aryl methyl sites for hydroxylation is 1. The van der Waals surface area contributed by atoms with Gasteiger partial charge in [-0.1, -0.05) is 37.3 Å². The predicted molar refractivity (Wildman–Crippen MR) is 132 cm³/mol. The maximum Gasteiger partial charge on any atom is 0.254 e. The van der Waals surface area contributed by atoms with E-state index in [0.29, 0.717) is 35.7 Å². The molecule has 1 heterocycles. The fraction of sp³-hybridized carbons (Fsp3) is 0.214. The van der Waals surface area contributed by atoms with Gasteiger partial charge in [-0.3, -0.25) is 4.79 Å². The Morgan fingerprint density at radius 1 is 0.972 bits per heavy atom. The maximum atomic E-state index is 14.6. The third-order valence-corrected chi connectivity index (χ3v) is 5.69. The van der Waals surface area contributed by atoms with E-state index in [1.807, 2.05) is 37.3 Å². The highest BCUT2D eigenvalue weighted by Gasteiger charge is 2.26. The van der Waals surface area contributed by atoms with Crippen LogP contribution in [0.4, 0.5) is 8.78 Å². The molecule has 0 N–H and O–H groups in total. The maximum absolute atomic E-state index is 14.6. The first-order chi connectivity index (χ1) is 17.5. The number of amides is 1. The van der Waals surface area contributed by atoms with Crippen molar-refractivity contribution in [1.82, 2.24) is 14.7 Å². The van der Waals surface area contributed by atoms with Gasteiger partial charge in [-0.05, 0) is 55.0 Å². The van der Waals surface area contributed by atoms with E-state index in [-0.39, 0.29) is 24.7 Å². The van der Waals surface area contributed by atoms with Crippen molar-refractivity contribution in [3.63, 3.8) is 0 Å². The van der Waals surface area contributed by atoms with Gasteiger partial charge < -0.3 is 14.4 Å². The largest absolute Gasteiger partial charge is 0.435 e. The molecule has 1 amide bonds. The van der Waals surface area contributed by atoms with Crippen LogP contribution in [-0.2, 0) is 17.7 Å². The fourth-order valence-electron chi connectivity index (χ4n) is 3.82. The Hall–Kier alpha value is -4.04. The van der Waals surface area contributed by atoms with Crippen molar-refractivity contribution in [3.05, 3.63) is 107 Å². The van der Waals surface area contributed by atoms with Crippen LogP contribution in [-0.4, -0.2) is 40.8 Å². The van der Waals surface area contributed by atoms with E-state index < -0.39 is 11.6 Å². The molecule has 0 radical (unpaired) electrons. The average Bonchev–Trinajstić information content (AvgIpc) is 3.25. The first kappa shape index (κ1) is 25.1. The van der Waals surface area contributed by atoms with Gasteiger partial charge in [-0.25, -0.2) is 13.5 Å². The lowest BCUT2D eigenvalue weighted by molar-refractivity contribution is 0.0679. The number of benzene rings is 3. The van der Waals surface area contributed by atoms with Crippen molar-refractivity contribution in [2.24, 2.45) is 0 Å². The van der Waals surface area contributed by atoms with Crippen molar-refractivity contribution < 1.29 is 23.0 Å². The summed E-state index contributed by atoms with van der Waals surface area (Å²) in [6, 6.07) is 20.9. The van der Waals surface area contributed by atoms with Crippen LogP contribution in [0.1, 0.15) is 28.5 Å². The van der Waals surface area contributed by atoms with E-state index in [1.165, 1.54) is 30.3 Å². The van der Waals surface area contributed by atoms with Crippen LogP contribution in [0.2, 0.25) is 0 Å². The third-order valence-electron chi connectivity index (χ3n) is 5.69. The molecule has 8 heteroatoms. The minimum atomic E-state index is -0.513. The number of nitrogens with zero attached hydrogens (tertiary/aromatic N) is 3. The fourth-order valence-corrected chi connectivity index (χ4v) is 3.82. The number of hydrogen-bond acceptors (Lipinski definition) is 4. The zero-order valence-corrected chi connectivity index (χ0v) is 20.2. The van der Waals surface area contributed by atoms with Gasteiger partial charge in [0.15, 0.2) is 11.6 Å². The quantitative estimate of drug-likeness (QED) is 0.282. The minimum absolute atomic E-state index is 0.0480. The van der Waals surface area contributed by atoms with Crippen LogP contribution in [0.5, 0.6) is 11.6 Å². The molecule has 0 aliphatic carbocycles. The standard InChI is InChI=1S/C28H27F2N3O3/c1-3-25-23(19-32(17-18-35-2)27(34)20-13-15-21(29)16-14-20)28(36-26-12-8-7-11-24(26)30)33(31-25)22-9-5-4-6-10-22/h4-16H,3,17-19H2,1-2H3. The zero-order chi connectivity index (χ0) is 25.5. The van der Waals surface area contributed by atoms with Gasteiger partial charge in [-0.15, -0.1) is 0 Å². The molecule has 0 bridgehead atoms. The van der Waals surface area contributed by atoms with Crippen LogP contribution >= 0.6 is 0 Å². The van der Waals surface area contributed by atoms with Gasteiger partial charge in [0.05, 0.1) is 30.1 Å². The zero-order valence-electron chi connectivity index (χ0n) is 20.2. The van der Waals surface area contributed by atoms with E-state index in [0.717, 1.165) is 5.69 Å². The van der Waals surface area contributed by atoms with Crippen molar-refractivity contribution in [2.75, 3.05) is 20.3 Å². The number of para-hydroxylation sites is 2. The normalized spacial score (nSPS) is 10.9. The van der Waals surface area contributed by atoms with Crippen molar-refractivity contribution in [1.29, 1.82) is 0 Å². The highest BCUT2D eigenvalue weighted by molar-refractivity contribution is 5.94. The smallest absolute Gasteiger partial charge is 0.254 e. The lowest BCUT2D eigenvalue weighted by Gasteiger charge is -2.23. The third kappa shape index (κ3) is 5.60. The molecule has 0 saturated heterocycles. The highest BCUT2D eigenvalue weighted by Crippen LogP contribution is 2.33. The van der Waals surface area contributed by atoms with Gasteiger partial charge in [0, 0.05) is 19.2 Å².